The zero-order chi connectivity index (χ0) is 18.1. The largest absolute Gasteiger partial charge is 0.493 e. The summed E-state index contributed by atoms with van der Waals surface area (Å²) in [6.07, 6.45) is 0.758. The molecule has 2 aromatic carbocycles. The number of rotatable bonds is 6. The van der Waals surface area contributed by atoms with Gasteiger partial charge in [0.05, 0.1) is 6.61 Å². The lowest BCUT2D eigenvalue weighted by Gasteiger charge is -2.10. The summed E-state index contributed by atoms with van der Waals surface area (Å²) in [6, 6.07) is 13.8. The fourth-order valence-electron chi connectivity index (χ4n) is 2.06. The average Bonchev–Trinajstić information content (AvgIpc) is 2.59. The molecule has 0 unspecified atom stereocenters. The Kier molecular flexibility index (Phi) is 7.10. The lowest BCUT2D eigenvalue weighted by Crippen LogP contribution is -2.43. The molecule has 0 aliphatic carbocycles. The van der Waals surface area contributed by atoms with Gasteiger partial charge in [-0.2, -0.15) is 0 Å². The van der Waals surface area contributed by atoms with Gasteiger partial charge in [0.2, 0.25) is 5.91 Å². The summed E-state index contributed by atoms with van der Waals surface area (Å²) in [5.41, 5.74) is 6.23. The standard InChI is InChI=1S/C18H20ClN3O3/c1-13-12-14(19)9-10-16(13)25-11-5-8-17(23)21-22-18(24)20-15-6-3-2-4-7-15/h2-4,6-7,9-10,12H,5,8,11H2,1H3,(H,21,23)(H2,20,22,24). The summed E-state index contributed by atoms with van der Waals surface area (Å²) in [5, 5.41) is 3.25. The van der Waals surface area contributed by atoms with Crippen LogP contribution in [0.5, 0.6) is 5.75 Å². The van der Waals surface area contributed by atoms with E-state index in [-0.39, 0.29) is 12.3 Å². The van der Waals surface area contributed by atoms with E-state index < -0.39 is 6.03 Å². The number of nitrogens with one attached hydrogen (secondary N) is 3. The molecular weight excluding hydrogens is 342 g/mol. The molecule has 0 saturated heterocycles. The van der Waals surface area contributed by atoms with E-state index in [9.17, 15) is 9.59 Å². The van der Waals surface area contributed by atoms with Crippen molar-refractivity contribution in [3.8, 4) is 5.75 Å². The molecule has 0 saturated carbocycles. The highest BCUT2D eigenvalue weighted by Gasteiger charge is 2.05. The Morgan fingerprint density at radius 3 is 2.56 bits per heavy atom. The van der Waals surface area contributed by atoms with E-state index in [4.69, 9.17) is 16.3 Å². The number of ether oxygens (including phenoxy) is 1. The quantitative estimate of drug-likeness (QED) is 0.542. The maximum absolute atomic E-state index is 11.7. The van der Waals surface area contributed by atoms with E-state index >= 15 is 0 Å². The van der Waals surface area contributed by atoms with Crippen LogP contribution in [-0.2, 0) is 4.79 Å². The number of anilines is 1. The molecule has 3 N–H and O–H groups in total. The number of para-hydroxylation sites is 1. The van der Waals surface area contributed by atoms with Crippen molar-refractivity contribution < 1.29 is 14.3 Å². The lowest BCUT2D eigenvalue weighted by atomic mass is 10.2. The number of aryl methyl sites for hydroxylation is 1. The molecule has 2 rings (SSSR count). The first-order valence-electron chi connectivity index (χ1n) is 7.84. The van der Waals surface area contributed by atoms with Crippen LogP contribution in [0.15, 0.2) is 48.5 Å². The minimum atomic E-state index is -0.507. The predicted octanol–water partition coefficient (Wildman–Crippen LogP) is 3.66. The second-order valence-corrected chi connectivity index (χ2v) is 5.79. The number of hydrogen-bond donors (Lipinski definition) is 3. The molecule has 0 aliphatic rings. The van der Waals surface area contributed by atoms with E-state index in [2.05, 4.69) is 16.2 Å². The van der Waals surface area contributed by atoms with Gasteiger partial charge in [-0.15, -0.1) is 0 Å². The Hall–Kier alpha value is -2.73. The van der Waals surface area contributed by atoms with Crippen molar-refractivity contribution in [3.05, 3.63) is 59.1 Å². The number of hydrazine groups is 1. The highest BCUT2D eigenvalue weighted by Crippen LogP contribution is 2.21. The number of hydrogen-bond acceptors (Lipinski definition) is 3. The molecule has 132 valence electrons. The maximum Gasteiger partial charge on any atom is 0.337 e. The van der Waals surface area contributed by atoms with Gasteiger partial charge in [-0.3, -0.25) is 10.2 Å². The van der Waals surface area contributed by atoms with E-state index in [1.165, 1.54) is 0 Å². The Morgan fingerprint density at radius 1 is 1.08 bits per heavy atom. The molecule has 7 heteroatoms. The minimum absolute atomic E-state index is 0.234. The van der Waals surface area contributed by atoms with Crippen LogP contribution in [0.1, 0.15) is 18.4 Å². The van der Waals surface area contributed by atoms with Crippen molar-refractivity contribution in [2.45, 2.75) is 19.8 Å². The van der Waals surface area contributed by atoms with Gasteiger partial charge in [-0.25, -0.2) is 10.2 Å². The van der Waals surface area contributed by atoms with Gasteiger partial charge in [0.15, 0.2) is 0 Å². The summed E-state index contributed by atoms with van der Waals surface area (Å²) in [5.74, 6) is 0.449. The van der Waals surface area contributed by atoms with Crippen molar-refractivity contribution in [1.29, 1.82) is 0 Å². The molecule has 0 bridgehead atoms. The first kappa shape index (κ1) is 18.6. The molecule has 0 heterocycles. The second kappa shape index (κ2) is 9.54. The van der Waals surface area contributed by atoms with Gasteiger partial charge in [0.25, 0.3) is 0 Å². The zero-order valence-corrected chi connectivity index (χ0v) is 14.6. The molecule has 0 atom stereocenters. The summed E-state index contributed by atoms with van der Waals surface area (Å²) < 4.78 is 5.61. The van der Waals surface area contributed by atoms with E-state index in [1.807, 2.05) is 19.1 Å². The van der Waals surface area contributed by atoms with Gasteiger partial charge >= 0.3 is 6.03 Å². The van der Waals surface area contributed by atoms with Crippen molar-refractivity contribution in [3.63, 3.8) is 0 Å². The Balaban J connectivity index is 1.61. The average molecular weight is 362 g/mol. The predicted molar refractivity (Wildman–Crippen MR) is 97.7 cm³/mol. The van der Waals surface area contributed by atoms with Gasteiger partial charge in [-0.05, 0) is 49.2 Å². The summed E-state index contributed by atoms with van der Waals surface area (Å²) in [6.45, 7) is 2.30. The van der Waals surface area contributed by atoms with Gasteiger partial charge < -0.3 is 10.1 Å². The van der Waals surface area contributed by atoms with Crippen LogP contribution in [0.3, 0.4) is 0 Å². The Morgan fingerprint density at radius 2 is 1.84 bits per heavy atom. The number of urea groups is 1. The topological polar surface area (TPSA) is 79.5 Å². The fourth-order valence-corrected chi connectivity index (χ4v) is 2.29. The summed E-state index contributed by atoms with van der Waals surface area (Å²) >= 11 is 5.88. The van der Waals surface area contributed by atoms with Crippen LogP contribution >= 0.6 is 11.6 Å². The van der Waals surface area contributed by atoms with Gasteiger partial charge in [0, 0.05) is 17.1 Å². The minimum Gasteiger partial charge on any atom is -0.493 e. The SMILES string of the molecule is Cc1cc(Cl)ccc1OCCCC(=O)NNC(=O)Nc1ccccc1. The first-order valence-corrected chi connectivity index (χ1v) is 8.22. The summed E-state index contributed by atoms with van der Waals surface area (Å²) in [4.78, 5) is 23.3. The number of carbonyl (C=O) groups is 2. The smallest absolute Gasteiger partial charge is 0.337 e. The molecule has 3 amide bonds. The number of amides is 3. The van der Waals surface area contributed by atoms with E-state index in [0.717, 1.165) is 11.3 Å². The molecular formula is C18H20ClN3O3. The third kappa shape index (κ3) is 6.73. The third-order valence-electron chi connectivity index (χ3n) is 3.29. The van der Waals surface area contributed by atoms with Crippen LogP contribution in [0.4, 0.5) is 10.5 Å². The highest BCUT2D eigenvalue weighted by molar-refractivity contribution is 6.30. The fraction of sp³-hybridized carbons (Fsp3) is 0.222. The normalized spacial score (nSPS) is 10.0. The van der Waals surface area contributed by atoms with Crippen molar-refractivity contribution in [2.75, 3.05) is 11.9 Å². The molecule has 0 aromatic heterocycles. The molecule has 25 heavy (non-hydrogen) atoms. The first-order chi connectivity index (χ1) is 12.0. The van der Waals surface area contributed by atoms with Crippen LogP contribution in [0.25, 0.3) is 0 Å². The van der Waals surface area contributed by atoms with Crippen LogP contribution in [0.2, 0.25) is 5.02 Å². The molecule has 0 aliphatic heterocycles. The third-order valence-corrected chi connectivity index (χ3v) is 3.52. The second-order valence-electron chi connectivity index (χ2n) is 5.36. The monoisotopic (exact) mass is 361 g/mol. The molecule has 0 fully saturated rings. The maximum atomic E-state index is 11.7. The lowest BCUT2D eigenvalue weighted by molar-refractivity contribution is -0.122. The van der Waals surface area contributed by atoms with Crippen molar-refractivity contribution >= 4 is 29.2 Å². The van der Waals surface area contributed by atoms with Crippen LogP contribution in [0, 0.1) is 6.92 Å². The zero-order valence-electron chi connectivity index (χ0n) is 13.8. The van der Waals surface area contributed by atoms with Crippen LogP contribution in [-0.4, -0.2) is 18.5 Å². The molecule has 0 spiro atoms. The van der Waals surface area contributed by atoms with Crippen molar-refractivity contribution in [1.82, 2.24) is 10.9 Å². The number of carbonyl (C=O) groups excluding carboxylic acids is 2. The van der Waals surface area contributed by atoms with Crippen molar-refractivity contribution in [2.24, 2.45) is 0 Å². The number of benzene rings is 2. The number of halogens is 1. The molecule has 0 radical (unpaired) electrons. The van der Waals surface area contributed by atoms with Gasteiger partial charge in [-0.1, -0.05) is 29.8 Å². The molecule has 6 nitrogen and oxygen atoms in total. The Bertz CT molecular complexity index is 723. The van der Waals surface area contributed by atoms with Gasteiger partial charge in [0.1, 0.15) is 5.75 Å². The highest BCUT2D eigenvalue weighted by atomic mass is 35.5. The van der Waals surface area contributed by atoms with E-state index in [0.29, 0.717) is 23.7 Å². The summed E-state index contributed by atoms with van der Waals surface area (Å²) in [7, 11) is 0. The van der Waals surface area contributed by atoms with E-state index in [1.54, 1.807) is 36.4 Å². The van der Waals surface area contributed by atoms with Crippen LogP contribution < -0.4 is 20.9 Å². The molecule has 2 aromatic rings. The Labute approximate surface area is 151 Å².